The smallest absolute Gasteiger partial charge is 0.813 e. The van der Waals surface area contributed by atoms with Crippen LogP contribution in [0.4, 0.5) is 0 Å². The zero-order chi connectivity index (χ0) is 0. The van der Waals surface area contributed by atoms with Crippen molar-refractivity contribution in [3.05, 3.63) is 0 Å². The summed E-state index contributed by atoms with van der Waals surface area (Å²) >= 11 is 0. The SMILES string of the molecule is [Ag+].[Ag].[Ag].[Ag].[Ag].[Ag].[Ag].[Ag].[SH-]. The van der Waals surface area contributed by atoms with Gasteiger partial charge in [0.15, 0.2) is 0 Å². The minimum absolute atomic E-state index is 0. The van der Waals surface area contributed by atoms with Crippen LogP contribution in [0.1, 0.15) is 0 Å². The van der Waals surface area contributed by atoms with Crippen LogP contribution >= 0.6 is 0 Å². The van der Waals surface area contributed by atoms with Crippen LogP contribution in [-0.4, -0.2) is 0 Å². The van der Waals surface area contributed by atoms with Crippen LogP contribution in [0.15, 0.2) is 0 Å². The number of hydrogen-bond acceptors (Lipinski definition) is 1. The van der Waals surface area contributed by atoms with Crippen LogP contribution < -0.4 is 0 Å². The first kappa shape index (κ1) is 79.1. The Morgan fingerprint density at radius 2 is 0.333 bits per heavy atom. The van der Waals surface area contributed by atoms with Gasteiger partial charge in [-0.1, -0.05) is 0 Å². The van der Waals surface area contributed by atoms with Gasteiger partial charge in [-0.05, 0) is 0 Å². The molecule has 9 heteroatoms. The molecule has 0 saturated carbocycles. The zero-order valence-corrected chi connectivity index (χ0v) is 15.6. The summed E-state index contributed by atoms with van der Waals surface area (Å²) in [6.07, 6.45) is 0. The van der Waals surface area contributed by atoms with Gasteiger partial charge in [-0.15, -0.1) is 0 Å². The van der Waals surface area contributed by atoms with Crippen LogP contribution in [-0.2, 0) is 193 Å². The normalized spacial score (nSPS) is 0. The molecule has 0 aliphatic heterocycles. The van der Waals surface area contributed by atoms with Crippen LogP contribution in [0.3, 0.4) is 0 Å². The summed E-state index contributed by atoms with van der Waals surface area (Å²) < 4.78 is 0. The average molecular weight is 896 g/mol. The first-order valence-corrected chi connectivity index (χ1v) is 0. The molecule has 0 fully saturated rings. The van der Waals surface area contributed by atoms with Gasteiger partial charge in [-0.3, -0.25) is 0 Å². The van der Waals surface area contributed by atoms with Crippen LogP contribution in [0.2, 0.25) is 0 Å². The molecular weight excluding hydrogens is 895 g/mol. The van der Waals surface area contributed by atoms with Crippen molar-refractivity contribution in [1.82, 2.24) is 0 Å². The molecule has 0 aliphatic rings. The second kappa shape index (κ2) is 63.9. The Morgan fingerprint density at radius 3 is 0.333 bits per heavy atom. The van der Waals surface area contributed by atoms with Crippen molar-refractivity contribution in [2.45, 2.75) is 0 Å². The maximum absolute atomic E-state index is 0. The molecule has 9 heavy (non-hydrogen) atoms. The fourth-order valence-corrected chi connectivity index (χ4v) is 0. The van der Waals surface area contributed by atoms with Gasteiger partial charge in [0.05, 0.1) is 0 Å². The van der Waals surface area contributed by atoms with Crippen molar-refractivity contribution < 1.29 is 179 Å². The van der Waals surface area contributed by atoms with Gasteiger partial charge >= 0.3 is 22.4 Å². The molecule has 0 aliphatic carbocycles. The van der Waals surface area contributed by atoms with E-state index >= 15 is 0 Å². The van der Waals surface area contributed by atoms with Gasteiger partial charge in [-0.2, -0.15) is 0 Å². The Balaban J connectivity index is 0. The second-order valence-corrected chi connectivity index (χ2v) is 0. The van der Waals surface area contributed by atoms with Crippen LogP contribution in [0.25, 0.3) is 0 Å². The third-order valence-electron chi connectivity index (χ3n) is 0. The molecule has 0 aromatic carbocycles. The van der Waals surface area contributed by atoms with E-state index in [4.69, 9.17) is 0 Å². The molecule has 0 rings (SSSR count). The van der Waals surface area contributed by atoms with E-state index in [0.29, 0.717) is 0 Å². The minimum atomic E-state index is 0. The average Bonchev–Trinajstić information content (AvgIpc) is 0. The van der Waals surface area contributed by atoms with Gasteiger partial charge in [0.2, 0.25) is 0 Å². The predicted molar refractivity (Wildman–Crippen MR) is 8.76 cm³/mol. The summed E-state index contributed by atoms with van der Waals surface area (Å²) in [6.45, 7) is 0. The Labute approximate surface area is 188 Å². The fourth-order valence-electron chi connectivity index (χ4n) is 0. The second-order valence-electron chi connectivity index (χ2n) is 0. The fraction of sp³-hybridized carbons (Fsp3) is 0. The Morgan fingerprint density at radius 1 is 0.333 bits per heavy atom. The van der Waals surface area contributed by atoms with Crippen LogP contribution in [0, 0.1) is 0 Å². The summed E-state index contributed by atoms with van der Waals surface area (Å²) in [5.41, 5.74) is 0. The molecule has 0 atom stereocenters. The molecule has 95 valence electrons. The summed E-state index contributed by atoms with van der Waals surface area (Å²) in [5, 5.41) is 0. The van der Waals surface area contributed by atoms with E-state index in [1.54, 1.807) is 0 Å². The standard InChI is InChI=1S/8Ag.H2S/h;;;;;;;;1H2/q;;;;;;;+1;/p-1. The monoisotopic (exact) mass is 888 g/mol. The largest absolute Gasteiger partial charge is 1.00 e. The quantitative estimate of drug-likeness (QED) is 0.184. The molecule has 0 nitrogen and oxygen atoms in total. The van der Waals surface area contributed by atoms with Crippen molar-refractivity contribution in [2.24, 2.45) is 0 Å². The van der Waals surface area contributed by atoms with Gasteiger partial charge < -0.3 is 13.5 Å². The summed E-state index contributed by atoms with van der Waals surface area (Å²) in [5.74, 6) is 0. The first-order chi connectivity index (χ1) is 0. The number of hydrogen-bond donors (Lipinski definition) is 0. The third-order valence-corrected chi connectivity index (χ3v) is 0. The van der Waals surface area contributed by atoms with E-state index in [1.165, 1.54) is 0 Å². The van der Waals surface area contributed by atoms with E-state index in [2.05, 4.69) is 0 Å². The van der Waals surface area contributed by atoms with Crippen molar-refractivity contribution in [2.75, 3.05) is 0 Å². The Hall–Kier alpha value is 6.27. The minimum Gasteiger partial charge on any atom is -0.813 e. The van der Waals surface area contributed by atoms with Gasteiger partial charge in [-0.25, -0.2) is 0 Å². The third kappa shape index (κ3) is 54.6. The zero-order valence-electron chi connectivity index (χ0n) is 2.86. The topological polar surface area (TPSA) is 0 Å². The molecule has 0 bridgehead atoms. The van der Waals surface area contributed by atoms with Gasteiger partial charge in [0.1, 0.15) is 0 Å². The van der Waals surface area contributed by atoms with E-state index in [1.807, 2.05) is 0 Å². The molecule has 0 spiro atoms. The van der Waals surface area contributed by atoms with Crippen molar-refractivity contribution >= 4 is 13.5 Å². The molecule has 0 N–H and O–H groups in total. The summed E-state index contributed by atoms with van der Waals surface area (Å²) in [7, 11) is 0. The van der Waals surface area contributed by atoms with E-state index in [9.17, 15) is 0 Å². The maximum atomic E-state index is 0. The van der Waals surface area contributed by atoms with E-state index < -0.39 is 0 Å². The Bertz CT molecular complexity index is 4.53. The Kier molecular flexibility index (Phi) is 561. The number of thiol groups is 1. The summed E-state index contributed by atoms with van der Waals surface area (Å²) in [4.78, 5) is 0. The van der Waals surface area contributed by atoms with E-state index in [-0.39, 0.29) is 193 Å². The molecule has 7 radical (unpaired) electrons. The van der Waals surface area contributed by atoms with E-state index in [0.717, 1.165) is 0 Å². The number of rotatable bonds is 0. The van der Waals surface area contributed by atoms with Crippen LogP contribution in [0.5, 0.6) is 0 Å². The van der Waals surface area contributed by atoms with Gasteiger partial charge in [0, 0.05) is 157 Å². The molecule has 0 unspecified atom stereocenters. The van der Waals surface area contributed by atoms with Crippen molar-refractivity contribution in [3.63, 3.8) is 0 Å². The molecule has 0 aromatic heterocycles. The summed E-state index contributed by atoms with van der Waals surface area (Å²) in [6, 6.07) is 0. The molecular formula is HAg8S. The molecule has 0 saturated heterocycles. The first-order valence-electron chi connectivity index (χ1n) is 0. The molecule has 0 aromatic rings. The van der Waals surface area contributed by atoms with Crippen molar-refractivity contribution in [1.29, 1.82) is 0 Å². The van der Waals surface area contributed by atoms with Crippen molar-refractivity contribution in [3.8, 4) is 0 Å². The van der Waals surface area contributed by atoms with Gasteiger partial charge in [0.25, 0.3) is 0 Å². The maximum Gasteiger partial charge on any atom is 1.00 e. The predicted octanol–water partition coefficient (Wildman–Crippen LogP) is -0.290. The molecule has 0 heterocycles. The molecule has 0 amide bonds.